The van der Waals surface area contributed by atoms with Gasteiger partial charge in [-0.1, -0.05) is 31.9 Å². The van der Waals surface area contributed by atoms with E-state index in [0.29, 0.717) is 0 Å². The first-order valence-corrected chi connectivity index (χ1v) is 6.07. The number of aliphatic hydroxyl groups is 1. The number of halogens is 2. The van der Waals surface area contributed by atoms with Gasteiger partial charge in [0.05, 0.1) is 6.10 Å². The van der Waals surface area contributed by atoms with Crippen molar-refractivity contribution in [2.45, 2.75) is 12.6 Å². The van der Waals surface area contributed by atoms with Crippen LogP contribution in [0.15, 0.2) is 27.1 Å². The van der Waals surface area contributed by atoms with Crippen LogP contribution in [0.25, 0.3) is 0 Å². The average Bonchev–Trinajstić information content (AvgIpc) is 1.99. The van der Waals surface area contributed by atoms with Gasteiger partial charge < -0.3 is 5.11 Å². The van der Waals surface area contributed by atoms with Crippen molar-refractivity contribution >= 4 is 31.9 Å². The van der Waals surface area contributed by atoms with Crippen LogP contribution >= 0.6 is 31.9 Å². The SMILES string of the molecule is OC1CN(Cc2cc(Br)cc(Br)c2)C1. The molecule has 2 nitrogen and oxygen atoms in total. The van der Waals surface area contributed by atoms with Gasteiger partial charge in [0.25, 0.3) is 0 Å². The van der Waals surface area contributed by atoms with Crippen LogP contribution in [0.2, 0.25) is 0 Å². The molecule has 0 spiro atoms. The lowest BCUT2D eigenvalue weighted by atomic mass is 10.1. The van der Waals surface area contributed by atoms with E-state index in [0.717, 1.165) is 28.6 Å². The Hall–Kier alpha value is 0.1000. The monoisotopic (exact) mass is 319 g/mol. The van der Waals surface area contributed by atoms with Crippen molar-refractivity contribution in [3.8, 4) is 0 Å². The highest BCUT2D eigenvalue weighted by molar-refractivity contribution is 9.11. The Morgan fingerprint density at radius 1 is 1.21 bits per heavy atom. The van der Waals surface area contributed by atoms with E-state index in [1.165, 1.54) is 5.56 Å². The van der Waals surface area contributed by atoms with Gasteiger partial charge in [-0.2, -0.15) is 0 Å². The summed E-state index contributed by atoms with van der Waals surface area (Å²) in [5.41, 5.74) is 1.26. The molecule has 14 heavy (non-hydrogen) atoms. The van der Waals surface area contributed by atoms with E-state index in [9.17, 15) is 0 Å². The van der Waals surface area contributed by atoms with E-state index in [4.69, 9.17) is 5.11 Å². The third-order valence-electron chi connectivity index (χ3n) is 2.27. The molecule has 1 N–H and O–H groups in total. The second kappa shape index (κ2) is 4.31. The second-order valence-corrected chi connectivity index (χ2v) is 5.46. The smallest absolute Gasteiger partial charge is 0.0794 e. The molecule has 0 saturated carbocycles. The zero-order valence-corrected chi connectivity index (χ0v) is 10.8. The van der Waals surface area contributed by atoms with Gasteiger partial charge in [-0.3, -0.25) is 4.90 Å². The highest BCUT2D eigenvalue weighted by Gasteiger charge is 2.23. The summed E-state index contributed by atoms with van der Waals surface area (Å²) in [5, 5.41) is 9.15. The molecule has 1 saturated heterocycles. The summed E-state index contributed by atoms with van der Waals surface area (Å²) < 4.78 is 2.17. The van der Waals surface area contributed by atoms with Gasteiger partial charge in [0.1, 0.15) is 0 Å². The Bertz CT molecular complexity index is 317. The van der Waals surface area contributed by atoms with Crippen molar-refractivity contribution in [2.24, 2.45) is 0 Å². The number of rotatable bonds is 2. The molecule has 1 aromatic carbocycles. The number of likely N-dealkylation sites (tertiary alicyclic amines) is 1. The van der Waals surface area contributed by atoms with E-state index >= 15 is 0 Å². The van der Waals surface area contributed by atoms with Gasteiger partial charge in [-0.25, -0.2) is 0 Å². The summed E-state index contributed by atoms with van der Waals surface area (Å²) in [7, 11) is 0. The quantitative estimate of drug-likeness (QED) is 0.904. The molecule has 4 heteroatoms. The summed E-state index contributed by atoms with van der Waals surface area (Å²) in [6.45, 7) is 2.50. The maximum Gasteiger partial charge on any atom is 0.0794 e. The van der Waals surface area contributed by atoms with Crippen LogP contribution in [-0.4, -0.2) is 29.2 Å². The minimum absolute atomic E-state index is 0.120. The second-order valence-electron chi connectivity index (χ2n) is 3.63. The normalized spacial score (nSPS) is 18.2. The first-order valence-electron chi connectivity index (χ1n) is 4.49. The number of benzene rings is 1. The molecular formula is C10H11Br2NO. The first-order chi connectivity index (χ1) is 6.63. The number of nitrogens with zero attached hydrogens (tertiary/aromatic N) is 1. The van der Waals surface area contributed by atoms with Crippen LogP contribution in [0, 0.1) is 0 Å². The van der Waals surface area contributed by atoms with E-state index in [1.54, 1.807) is 0 Å². The maximum absolute atomic E-state index is 9.15. The Kier molecular flexibility index (Phi) is 3.27. The van der Waals surface area contributed by atoms with Crippen molar-refractivity contribution in [1.82, 2.24) is 4.90 Å². The third kappa shape index (κ3) is 2.57. The third-order valence-corrected chi connectivity index (χ3v) is 3.18. The topological polar surface area (TPSA) is 23.5 Å². The summed E-state index contributed by atoms with van der Waals surface area (Å²) >= 11 is 6.91. The van der Waals surface area contributed by atoms with E-state index in [1.807, 2.05) is 6.07 Å². The summed E-state index contributed by atoms with van der Waals surface area (Å²) in [6, 6.07) is 6.24. The fourth-order valence-electron chi connectivity index (χ4n) is 1.63. The molecule has 76 valence electrons. The van der Waals surface area contributed by atoms with E-state index in [2.05, 4.69) is 48.9 Å². The summed E-state index contributed by atoms with van der Waals surface area (Å²) in [4.78, 5) is 2.22. The molecule has 0 bridgehead atoms. The predicted molar refractivity (Wildman–Crippen MR) is 63.1 cm³/mol. The van der Waals surface area contributed by atoms with E-state index in [-0.39, 0.29) is 6.10 Å². The Morgan fingerprint density at radius 3 is 2.29 bits per heavy atom. The summed E-state index contributed by atoms with van der Waals surface area (Å²) in [5.74, 6) is 0. The van der Waals surface area contributed by atoms with Crippen LogP contribution in [0.4, 0.5) is 0 Å². The Labute approximate surface area is 100 Å². The van der Waals surface area contributed by atoms with Crippen LogP contribution < -0.4 is 0 Å². The van der Waals surface area contributed by atoms with Gasteiger partial charge in [0, 0.05) is 28.6 Å². The molecule has 1 aliphatic heterocycles. The number of hydrogen-bond donors (Lipinski definition) is 1. The van der Waals surface area contributed by atoms with Gasteiger partial charge in [-0.05, 0) is 23.8 Å². The van der Waals surface area contributed by atoms with Crippen LogP contribution in [0.1, 0.15) is 5.56 Å². The van der Waals surface area contributed by atoms with Crippen molar-refractivity contribution in [1.29, 1.82) is 0 Å². The van der Waals surface area contributed by atoms with Crippen LogP contribution in [-0.2, 0) is 6.54 Å². The van der Waals surface area contributed by atoms with Crippen molar-refractivity contribution < 1.29 is 5.11 Å². The van der Waals surface area contributed by atoms with Crippen molar-refractivity contribution in [2.75, 3.05) is 13.1 Å². The molecule has 0 aromatic heterocycles. The minimum atomic E-state index is -0.120. The maximum atomic E-state index is 9.15. The molecule has 0 atom stereocenters. The van der Waals surface area contributed by atoms with Gasteiger partial charge in [0.15, 0.2) is 0 Å². The van der Waals surface area contributed by atoms with Crippen molar-refractivity contribution in [3.63, 3.8) is 0 Å². The minimum Gasteiger partial charge on any atom is -0.390 e. The number of β-amino-alcohol motifs (C(OH)–C–C–N with tert-alkyl or cyclic N) is 1. The fraction of sp³-hybridized carbons (Fsp3) is 0.400. The van der Waals surface area contributed by atoms with Gasteiger partial charge in [-0.15, -0.1) is 0 Å². The van der Waals surface area contributed by atoms with Crippen molar-refractivity contribution in [3.05, 3.63) is 32.7 Å². The lowest BCUT2D eigenvalue weighted by molar-refractivity contribution is -0.00287. The zero-order chi connectivity index (χ0) is 10.1. The molecule has 1 aromatic rings. The van der Waals surface area contributed by atoms with Gasteiger partial charge >= 0.3 is 0 Å². The molecule has 0 aliphatic carbocycles. The molecule has 0 unspecified atom stereocenters. The lowest BCUT2D eigenvalue weighted by Crippen LogP contribution is -2.49. The number of hydrogen-bond acceptors (Lipinski definition) is 2. The number of aliphatic hydroxyl groups excluding tert-OH is 1. The molecular weight excluding hydrogens is 310 g/mol. The fourth-order valence-corrected chi connectivity index (χ4v) is 3.02. The molecule has 1 aliphatic rings. The van der Waals surface area contributed by atoms with E-state index < -0.39 is 0 Å². The average molecular weight is 321 g/mol. The molecule has 0 radical (unpaired) electrons. The standard InChI is InChI=1S/C10H11Br2NO/c11-8-1-7(2-9(12)3-8)4-13-5-10(14)6-13/h1-3,10,14H,4-6H2. The van der Waals surface area contributed by atoms with Crippen LogP contribution in [0.3, 0.4) is 0 Å². The zero-order valence-electron chi connectivity index (χ0n) is 7.58. The lowest BCUT2D eigenvalue weighted by Gasteiger charge is -2.35. The highest BCUT2D eigenvalue weighted by atomic mass is 79.9. The molecule has 1 fully saturated rings. The predicted octanol–water partition coefficient (Wildman–Crippen LogP) is 2.39. The molecule has 2 rings (SSSR count). The largest absolute Gasteiger partial charge is 0.390 e. The summed E-state index contributed by atoms with van der Waals surface area (Å²) in [6.07, 6.45) is -0.120. The molecule has 0 amide bonds. The highest BCUT2D eigenvalue weighted by Crippen LogP contribution is 2.22. The van der Waals surface area contributed by atoms with Crippen LogP contribution in [0.5, 0.6) is 0 Å². The van der Waals surface area contributed by atoms with Gasteiger partial charge in [0.2, 0.25) is 0 Å². The Morgan fingerprint density at radius 2 is 1.79 bits per heavy atom. The first kappa shape index (κ1) is 10.6. The Balaban J connectivity index is 2.02. The molecule has 1 heterocycles.